The van der Waals surface area contributed by atoms with Crippen molar-refractivity contribution < 1.29 is 17.9 Å². The molecule has 1 rings (SSSR count). The summed E-state index contributed by atoms with van der Waals surface area (Å²) in [5.41, 5.74) is -0.480. The minimum Gasteiger partial charge on any atom is -0.444 e. The van der Waals surface area contributed by atoms with Crippen molar-refractivity contribution in [1.82, 2.24) is 10.6 Å². The van der Waals surface area contributed by atoms with E-state index in [0.29, 0.717) is 19.0 Å². The van der Waals surface area contributed by atoms with E-state index >= 15 is 0 Å². The van der Waals surface area contributed by atoms with E-state index in [9.17, 15) is 13.2 Å². The highest BCUT2D eigenvalue weighted by Crippen LogP contribution is 2.19. The molecule has 0 radical (unpaired) electrons. The van der Waals surface area contributed by atoms with E-state index in [0.717, 1.165) is 25.7 Å². The van der Waals surface area contributed by atoms with Gasteiger partial charge in [0.25, 0.3) is 0 Å². The maximum absolute atomic E-state index is 11.7. The molecule has 1 saturated carbocycles. The predicted molar refractivity (Wildman–Crippen MR) is 86.0 cm³/mol. The molecule has 0 aliphatic heterocycles. The molecule has 0 aromatic carbocycles. The van der Waals surface area contributed by atoms with Gasteiger partial charge in [-0.15, -0.1) is 0 Å². The van der Waals surface area contributed by atoms with Crippen LogP contribution in [-0.4, -0.2) is 44.5 Å². The second-order valence-electron chi connectivity index (χ2n) is 6.87. The number of primary sulfonamides is 1. The average Bonchev–Trinajstić information content (AvgIpc) is 2.33. The highest BCUT2D eigenvalue weighted by molar-refractivity contribution is 7.89. The molecule has 22 heavy (non-hydrogen) atoms. The largest absolute Gasteiger partial charge is 0.444 e. The molecule has 0 aromatic heterocycles. The minimum atomic E-state index is -3.37. The molecular weight excluding hydrogens is 306 g/mol. The summed E-state index contributed by atoms with van der Waals surface area (Å²) in [6, 6.07) is 0.523. The zero-order valence-electron chi connectivity index (χ0n) is 13.7. The van der Waals surface area contributed by atoms with Gasteiger partial charge >= 0.3 is 6.09 Å². The van der Waals surface area contributed by atoms with E-state index in [-0.39, 0.29) is 17.9 Å². The van der Waals surface area contributed by atoms with Crippen LogP contribution in [0.1, 0.15) is 52.9 Å². The molecule has 0 bridgehead atoms. The van der Waals surface area contributed by atoms with Gasteiger partial charge in [-0.1, -0.05) is 0 Å². The van der Waals surface area contributed by atoms with E-state index < -0.39 is 15.6 Å². The SMILES string of the molecule is CC(C)(C)OC(=O)NC1CCC(NCCCS(N)(=O)=O)CC1. The Kier molecular flexibility index (Phi) is 7.08. The lowest BCUT2D eigenvalue weighted by Crippen LogP contribution is -2.44. The van der Waals surface area contributed by atoms with Crippen LogP contribution in [-0.2, 0) is 14.8 Å². The summed E-state index contributed by atoms with van der Waals surface area (Å²) in [5, 5.41) is 11.2. The molecule has 1 amide bonds. The second-order valence-corrected chi connectivity index (χ2v) is 8.60. The fourth-order valence-electron chi connectivity index (χ4n) is 2.50. The van der Waals surface area contributed by atoms with Crippen LogP contribution >= 0.6 is 0 Å². The number of nitrogens with two attached hydrogens (primary N) is 1. The molecule has 4 N–H and O–H groups in total. The molecule has 7 nitrogen and oxygen atoms in total. The molecule has 1 fully saturated rings. The normalized spacial score (nSPS) is 23.1. The van der Waals surface area contributed by atoms with Crippen molar-refractivity contribution in [3.05, 3.63) is 0 Å². The molecule has 0 aromatic rings. The standard InChI is InChI=1S/C14H29N3O4S/c1-14(2,3)21-13(18)17-12-7-5-11(6-8-12)16-9-4-10-22(15,19)20/h11-12,16H,4-10H2,1-3H3,(H,17,18)(H2,15,19,20). The number of hydrogen-bond donors (Lipinski definition) is 3. The third-order valence-corrected chi connectivity index (χ3v) is 4.34. The first-order chi connectivity index (χ1) is 10.1. The van der Waals surface area contributed by atoms with E-state index in [1.54, 1.807) is 0 Å². The van der Waals surface area contributed by atoms with E-state index in [4.69, 9.17) is 9.88 Å². The molecule has 1 aliphatic rings. The number of alkyl carbamates (subject to hydrolysis) is 1. The maximum atomic E-state index is 11.7. The van der Waals surface area contributed by atoms with Crippen LogP contribution in [0.3, 0.4) is 0 Å². The van der Waals surface area contributed by atoms with Crippen LogP contribution in [0.5, 0.6) is 0 Å². The quantitative estimate of drug-likeness (QED) is 0.629. The fourth-order valence-corrected chi connectivity index (χ4v) is 3.04. The average molecular weight is 335 g/mol. The van der Waals surface area contributed by atoms with E-state index in [1.807, 2.05) is 20.8 Å². The molecule has 0 heterocycles. The summed E-state index contributed by atoms with van der Waals surface area (Å²) < 4.78 is 26.9. The number of ether oxygens (including phenoxy) is 1. The molecule has 1 aliphatic carbocycles. The lowest BCUT2D eigenvalue weighted by atomic mass is 9.91. The summed E-state index contributed by atoms with van der Waals surface area (Å²) in [6.07, 6.45) is 3.86. The number of hydrogen-bond acceptors (Lipinski definition) is 5. The number of nitrogens with one attached hydrogen (secondary N) is 2. The zero-order valence-corrected chi connectivity index (χ0v) is 14.5. The number of sulfonamides is 1. The summed E-state index contributed by atoms with van der Waals surface area (Å²) in [6.45, 7) is 6.17. The first-order valence-electron chi connectivity index (χ1n) is 7.78. The Bertz CT molecular complexity index is 451. The lowest BCUT2D eigenvalue weighted by Gasteiger charge is -2.30. The second kappa shape index (κ2) is 8.12. The Labute approximate surface area is 133 Å². The first kappa shape index (κ1) is 19.2. The van der Waals surface area contributed by atoms with Crippen LogP contribution in [0.25, 0.3) is 0 Å². The van der Waals surface area contributed by atoms with Crippen molar-refractivity contribution in [2.75, 3.05) is 12.3 Å². The Morgan fingerprint density at radius 2 is 1.73 bits per heavy atom. The Morgan fingerprint density at radius 1 is 1.18 bits per heavy atom. The summed E-state index contributed by atoms with van der Waals surface area (Å²) in [7, 11) is -3.37. The highest BCUT2D eigenvalue weighted by Gasteiger charge is 2.24. The van der Waals surface area contributed by atoms with Crippen LogP contribution in [0.15, 0.2) is 0 Å². The van der Waals surface area contributed by atoms with Crippen molar-refractivity contribution in [2.45, 2.75) is 70.6 Å². The summed E-state index contributed by atoms with van der Waals surface area (Å²) in [5.74, 6) is 0.00947. The lowest BCUT2D eigenvalue weighted by molar-refractivity contribution is 0.0490. The van der Waals surface area contributed by atoms with Crippen LogP contribution < -0.4 is 15.8 Å². The fraction of sp³-hybridized carbons (Fsp3) is 0.929. The third-order valence-electron chi connectivity index (χ3n) is 3.49. The zero-order chi connectivity index (χ0) is 16.8. The van der Waals surface area contributed by atoms with Gasteiger partial charge in [0.2, 0.25) is 10.0 Å². The Hall–Kier alpha value is -0.860. The number of carbonyl (C=O) groups excluding carboxylic acids is 1. The molecule has 8 heteroatoms. The van der Waals surface area contributed by atoms with Crippen molar-refractivity contribution >= 4 is 16.1 Å². The van der Waals surface area contributed by atoms with Crippen LogP contribution in [0.4, 0.5) is 4.79 Å². The van der Waals surface area contributed by atoms with Gasteiger partial charge in [0.05, 0.1) is 5.75 Å². The first-order valence-corrected chi connectivity index (χ1v) is 9.50. The van der Waals surface area contributed by atoms with Crippen LogP contribution in [0, 0.1) is 0 Å². The smallest absolute Gasteiger partial charge is 0.407 e. The van der Waals surface area contributed by atoms with Gasteiger partial charge in [0, 0.05) is 12.1 Å². The predicted octanol–water partition coefficient (Wildman–Crippen LogP) is 1.09. The third kappa shape index (κ3) is 9.22. The Morgan fingerprint density at radius 3 is 2.23 bits per heavy atom. The molecule has 0 saturated heterocycles. The number of carbonyl (C=O) groups is 1. The number of amides is 1. The van der Waals surface area contributed by atoms with Crippen molar-refractivity contribution in [2.24, 2.45) is 5.14 Å². The van der Waals surface area contributed by atoms with Gasteiger partial charge in [-0.25, -0.2) is 18.4 Å². The number of rotatable bonds is 6. The molecule has 0 unspecified atom stereocenters. The van der Waals surface area contributed by atoms with Gasteiger partial charge < -0.3 is 15.4 Å². The monoisotopic (exact) mass is 335 g/mol. The molecule has 0 atom stereocenters. The molecule has 130 valence electrons. The van der Waals surface area contributed by atoms with Gasteiger partial charge in [0.1, 0.15) is 5.60 Å². The van der Waals surface area contributed by atoms with Crippen molar-refractivity contribution in [1.29, 1.82) is 0 Å². The highest BCUT2D eigenvalue weighted by atomic mass is 32.2. The Balaban J connectivity index is 2.17. The van der Waals surface area contributed by atoms with E-state index in [1.165, 1.54) is 0 Å². The molecular formula is C14H29N3O4S. The topological polar surface area (TPSA) is 111 Å². The van der Waals surface area contributed by atoms with Gasteiger partial charge in [-0.3, -0.25) is 0 Å². The maximum Gasteiger partial charge on any atom is 0.407 e. The molecule has 0 spiro atoms. The van der Waals surface area contributed by atoms with E-state index in [2.05, 4.69) is 10.6 Å². The van der Waals surface area contributed by atoms with Crippen LogP contribution in [0.2, 0.25) is 0 Å². The van der Waals surface area contributed by atoms with Gasteiger partial charge in [0.15, 0.2) is 0 Å². The van der Waals surface area contributed by atoms with Gasteiger partial charge in [-0.05, 0) is 59.4 Å². The van der Waals surface area contributed by atoms with Crippen molar-refractivity contribution in [3.8, 4) is 0 Å². The summed E-state index contributed by atoms with van der Waals surface area (Å²) >= 11 is 0. The summed E-state index contributed by atoms with van der Waals surface area (Å²) in [4.78, 5) is 11.7. The van der Waals surface area contributed by atoms with Crippen molar-refractivity contribution in [3.63, 3.8) is 0 Å². The van der Waals surface area contributed by atoms with Gasteiger partial charge in [-0.2, -0.15) is 0 Å². The minimum absolute atomic E-state index is 0.00947.